The van der Waals surface area contributed by atoms with Crippen molar-refractivity contribution in [3.63, 3.8) is 0 Å². The number of imide groups is 1. The SMILES string of the molecule is CC(SCCCN1C(=O)c2ccccc2C1=O)C(=O)NCc1ccccc1Cl. The molecule has 0 radical (unpaired) electrons. The average Bonchev–Trinajstić information content (AvgIpc) is 2.95. The zero-order valence-electron chi connectivity index (χ0n) is 15.5. The van der Waals surface area contributed by atoms with Gasteiger partial charge in [-0.15, -0.1) is 11.8 Å². The van der Waals surface area contributed by atoms with Crippen LogP contribution in [-0.4, -0.2) is 40.2 Å². The van der Waals surface area contributed by atoms with Crippen LogP contribution in [0.25, 0.3) is 0 Å². The Kier molecular flexibility index (Phi) is 6.75. The number of amides is 3. The maximum Gasteiger partial charge on any atom is 0.261 e. The smallest absolute Gasteiger partial charge is 0.261 e. The minimum absolute atomic E-state index is 0.0642. The number of benzene rings is 2. The van der Waals surface area contributed by atoms with E-state index >= 15 is 0 Å². The lowest BCUT2D eigenvalue weighted by Gasteiger charge is -2.15. The first-order chi connectivity index (χ1) is 13.5. The molecular weight excluding hydrogens is 396 g/mol. The molecule has 1 aliphatic heterocycles. The van der Waals surface area contributed by atoms with Crippen LogP contribution in [0.3, 0.4) is 0 Å². The van der Waals surface area contributed by atoms with Gasteiger partial charge in [0.25, 0.3) is 11.8 Å². The van der Waals surface area contributed by atoms with Gasteiger partial charge in [-0.2, -0.15) is 0 Å². The van der Waals surface area contributed by atoms with E-state index in [1.54, 1.807) is 30.3 Å². The Morgan fingerprint density at radius 1 is 1.07 bits per heavy atom. The molecule has 7 heteroatoms. The molecule has 3 amide bonds. The zero-order chi connectivity index (χ0) is 20.1. The van der Waals surface area contributed by atoms with Crippen LogP contribution < -0.4 is 5.32 Å². The van der Waals surface area contributed by atoms with Crippen LogP contribution in [-0.2, 0) is 11.3 Å². The van der Waals surface area contributed by atoms with Crippen molar-refractivity contribution in [3.8, 4) is 0 Å². The van der Waals surface area contributed by atoms with Gasteiger partial charge in [0.05, 0.1) is 16.4 Å². The minimum atomic E-state index is -0.240. The molecule has 1 heterocycles. The van der Waals surface area contributed by atoms with Gasteiger partial charge in [-0.25, -0.2) is 0 Å². The number of carbonyl (C=O) groups excluding carboxylic acids is 3. The Hall–Kier alpha value is -2.31. The van der Waals surface area contributed by atoms with Gasteiger partial charge in [-0.05, 0) is 42.9 Å². The summed E-state index contributed by atoms with van der Waals surface area (Å²) in [6.07, 6.45) is 0.637. The summed E-state index contributed by atoms with van der Waals surface area (Å²) in [7, 11) is 0. The van der Waals surface area contributed by atoms with E-state index in [0.717, 1.165) is 5.56 Å². The number of hydrogen-bond donors (Lipinski definition) is 1. The highest BCUT2D eigenvalue weighted by Gasteiger charge is 2.34. The van der Waals surface area contributed by atoms with Gasteiger partial charge in [0.1, 0.15) is 0 Å². The van der Waals surface area contributed by atoms with Gasteiger partial charge in [-0.3, -0.25) is 19.3 Å². The van der Waals surface area contributed by atoms with Crippen molar-refractivity contribution < 1.29 is 14.4 Å². The summed E-state index contributed by atoms with van der Waals surface area (Å²) in [5.41, 5.74) is 1.81. The first kappa shape index (κ1) is 20.4. The van der Waals surface area contributed by atoms with Crippen LogP contribution in [0.1, 0.15) is 39.6 Å². The predicted octanol–water partition coefficient (Wildman–Crippen LogP) is 3.76. The highest BCUT2D eigenvalue weighted by molar-refractivity contribution is 8.00. The Labute approximate surface area is 173 Å². The number of halogens is 1. The predicted molar refractivity (Wildman–Crippen MR) is 112 cm³/mol. The van der Waals surface area contributed by atoms with Gasteiger partial charge in [0.2, 0.25) is 5.91 Å². The number of fused-ring (bicyclic) bond motifs is 1. The Balaban J connectivity index is 1.40. The summed E-state index contributed by atoms with van der Waals surface area (Å²) in [6, 6.07) is 14.3. The topological polar surface area (TPSA) is 66.5 Å². The first-order valence-electron chi connectivity index (χ1n) is 9.07. The van der Waals surface area contributed by atoms with E-state index in [-0.39, 0.29) is 23.0 Å². The Morgan fingerprint density at radius 3 is 2.32 bits per heavy atom. The lowest BCUT2D eigenvalue weighted by atomic mass is 10.1. The normalized spacial score (nSPS) is 14.1. The molecular formula is C21H21ClN2O3S. The van der Waals surface area contributed by atoms with Crippen LogP contribution in [0, 0.1) is 0 Å². The second-order valence-corrected chi connectivity index (χ2v) is 8.34. The third-order valence-electron chi connectivity index (χ3n) is 4.55. The monoisotopic (exact) mass is 416 g/mol. The fraction of sp³-hybridized carbons (Fsp3) is 0.286. The fourth-order valence-corrected chi connectivity index (χ4v) is 4.06. The van der Waals surface area contributed by atoms with Gasteiger partial charge < -0.3 is 5.32 Å². The lowest BCUT2D eigenvalue weighted by molar-refractivity contribution is -0.120. The summed E-state index contributed by atoms with van der Waals surface area (Å²) < 4.78 is 0. The van der Waals surface area contributed by atoms with Crippen LogP contribution in [0.2, 0.25) is 5.02 Å². The van der Waals surface area contributed by atoms with E-state index < -0.39 is 0 Å². The van der Waals surface area contributed by atoms with Gasteiger partial charge in [0, 0.05) is 18.1 Å². The molecule has 28 heavy (non-hydrogen) atoms. The van der Waals surface area contributed by atoms with E-state index in [1.807, 2.05) is 25.1 Å². The van der Waals surface area contributed by atoms with Gasteiger partial charge >= 0.3 is 0 Å². The lowest BCUT2D eigenvalue weighted by Crippen LogP contribution is -2.32. The number of thioether (sulfide) groups is 1. The molecule has 1 aliphatic rings. The average molecular weight is 417 g/mol. The van der Waals surface area contributed by atoms with Crippen molar-refractivity contribution in [2.45, 2.75) is 25.1 Å². The third kappa shape index (κ3) is 4.56. The van der Waals surface area contributed by atoms with Crippen LogP contribution in [0.5, 0.6) is 0 Å². The van der Waals surface area contributed by atoms with Crippen LogP contribution in [0.4, 0.5) is 0 Å². The minimum Gasteiger partial charge on any atom is -0.351 e. The van der Waals surface area contributed by atoms with Crippen molar-refractivity contribution in [2.24, 2.45) is 0 Å². The number of carbonyl (C=O) groups is 3. The van der Waals surface area contributed by atoms with Gasteiger partial charge in [0.15, 0.2) is 0 Å². The molecule has 0 aromatic heterocycles. The zero-order valence-corrected chi connectivity index (χ0v) is 17.1. The quantitative estimate of drug-likeness (QED) is 0.525. The summed E-state index contributed by atoms with van der Waals surface area (Å²) in [5.74, 6) is 0.131. The summed E-state index contributed by atoms with van der Waals surface area (Å²) in [4.78, 5) is 38.2. The summed E-state index contributed by atoms with van der Waals surface area (Å²) in [5, 5.41) is 3.28. The molecule has 2 aromatic carbocycles. The Bertz CT molecular complexity index is 868. The van der Waals surface area contributed by atoms with Crippen LogP contribution >= 0.6 is 23.4 Å². The molecule has 0 aliphatic carbocycles. The van der Waals surface area contributed by atoms with E-state index in [0.29, 0.717) is 41.4 Å². The molecule has 0 spiro atoms. The van der Waals surface area contributed by atoms with Crippen molar-refractivity contribution in [2.75, 3.05) is 12.3 Å². The van der Waals surface area contributed by atoms with Crippen molar-refractivity contribution >= 4 is 41.1 Å². The molecule has 5 nitrogen and oxygen atoms in total. The molecule has 146 valence electrons. The Morgan fingerprint density at radius 2 is 1.68 bits per heavy atom. The van der Waals surface area contributed by atoms with Crippen molar-refractivity contribution in [3.05, 3.63) is 70.2 Å². The highest BCUT2D eigenvalue weighted by Crippen LogP contribution is 2.23. The van der Waals surface area contributed by atoms with E-state index in [9.17, 15) is 14.4 Å². The third-order valence-corrected chi connectivity index (χ3v) is 6.16. The standard InChI is InChI=1S/C21H21ClN2O3S/c1-14(19(25)23-13-15-7-2-5-10-18(15)22)28-12-6-11-24-20(26)16-8-3-4-9-17(16)21(24)27/h2-5,7-10,14H,6,11-13H2,1H3,(H,23,25). The second-order valence-electron chi connectivity index (χ2n) is 6.48. The summed E-state index contributed by atoms with van der Waals surface area (Å²) in [6.45, 7) is 2.58. The van der Waals surface area contributed by atoms with Gasteiger partial charge in [-0.1, -0.05) is 41.9 Å². The van der Waals surface area contributed by atoms with E-state index in [4.69, 9.17) is 11.6 Å². The molecule has 2 aromatic rings. The van der Waals surface area contributed by atoms with E-state index in [1.165, 1.54) is 16.7 Å². The molecule has 1 unspecified atom stereocenters. The number of rotatable bonds is 8. The number of hydrogen-bond acceptors (Lipinski definition) is 4. The number of nitrogens with one attached hydrogen (secondary N) is 1. The molecule has 1 atom stereocenters. The van der Waals surface area contributed by atoms with E-state index in [2.05, 4.69) is 5.32 Å². The highest BCUT2D eigenvalue weighted by atomic mass is 35.5. The number of nitrogens with zero attached hydrogens (tertiary/aromatic N) is 1. The fourth-order valence-electron chi connectivity index (χ4n) is 2.97. The molecule has 0 saturated heterocycles. The second kappa shape index (κ2) is 9.26. The first-order valence-corrected chi connectivity index (χ1v) is 10.5. The molecule has 3 rings (SSSR count). The molecule has 0 bridgehead atoms. The summed E-state index contributed by atoms with van der Waals surface area (Å²) >= 11 is 7.59. The maximum absolute atomic E-state index is 12.3. The molecule has 0 fully saturated rings. The van der Waals surface area contributed by atoms with Crippen molar-refractivity contribution in [1.82, 2.24) is 10.2 Å². The molecule has 1 N–H and O–H groups in total. The van der Waals surface area contributed by atoms with Crippen molar-refractivity contribution in [1.29, 1.82) is 0 Å². The largest absolute Gasteiger partial charge is 0.351 e. The van der Waals surface area contributed by atoms with Crippen LogP contribution in [0.15, 0.2) is 48.5 Å². The maximum atomic E-state index is 12.3. The molecule has 0 saturated carbocycles.